The number of carbonyl (C=O) groups is 1. The van der Waals surface area contributed by atoms with E-state index < -0.39 is 0 Å². The molecule has 0 aromatic carbocycles. The summed E-state index contributed by atoms with van der Waals surface area (Å²) in [7, 11) is 0. The van der Waals surface area contributed by atoms with E-state index in [1.165, 1.54) is 32.1 Å². The van der Waals surface area contributed by atoms with E-state index in [2.05, 4.69) is 20.0 Å². The number of carbonyl (C=O) groups excluding carboxylic acids is 1. The van der Waals surface area contributed by atoms with E-state index in [9.17, 15) is 4.79 Å². The molecule has 0 bridgehead atoms. The van der Waals surface area contributed by atoms with Crippen molar-refractivity contribution >= 4 is 5.91 Å². The molecular weight excluding hydrogens is 352 g/mol. The van der Waals surface area contributed by atoms with Gasteiger partial charge >= 0.3 is 0 Å². The van der Waals surface area contributed by atoms with E-state index in [4.69, 9.17) is 4.52 Å². The molecule has 28 heavy (non-hydrogen) atoms. The van der Waals surface area contributed by atoms with Gasteiger partial charge in [-0.05, 0) is 49.7 Å². The quantitative estimate of drug-likeness (QED) is 0.715. The minimum absolute atomic E-state index is 0.357. The standard InChI is InChI=1S/C22H30N4O2/c27-21(12-10-17-5-1-2-6-17)26-14-4-7-18(16-26)9-11-20-24-22(28-25-20)19-8-3-13-23-15-19/h3,8,13,15,17-18H,1-2,4-7,9-12,14,16H2. The van der Waals surface area contributed by atoms with Crippen molar-refractivity contribution in [2.24, 2.45) is 11.8 Å². The number of aryl methyl sites for hydroxylation is 1. The highest BCUT2D eigenvalue weighted by molar-refractivity contribution is 5.76. The van der Waals surface area contributed by atoms with Gasteiger partial charge in [0.1, 0.15) is 0 Å². The average molecular weight is 383 g/mol. The lowest BCUT2D eigenvalue weighted by Gasteiger charge is -2.33. The molecule has 2 aliphatic rings. The van der Waals surface area contributed by atoms with Gasteiger partial charge in [0.25, 0.3) is 5.89 Å². The molecule has 4 rings (SSSR count). The highest BCUT2D eigenvalue weighted by Gasteiger charge is 2.25. The number of rotatable bonds is 7. The van der Waals surface area contributed by atoms with Crippen LogP contribution in [0.1, 0.15) is 63.6 Å². The number of nitrogens with zero attached hydrogens (tertiary/aromatic N) is 4. The zero-order chi connectivity index (χ0) is 19.2. The summed E-state index contributed by atoms with van der Waals surface area (Å²) in [4.78, 5) is 23.3. The van der Waals surface area contributed by atoms with Crippen LogP contribution in [0.3, 0.4) is 0 Å². The van der Waals surface area contributed by atoms with Crippen molar-refractivity contribution in [2.75, 3.05) is 13.1 Å². The fraction of sp³-hybridized carbons (Fsp3) is 0.636. The van der Waals surface area contributed by atoms with Crippen molar-refractivity contribution in [1.29, 1.82) is 0 Å². The third kappa shape index (κ3) is 4.97. The zero-order valence-corrected chi connectivity index (χ0v) is 16.6. The predicted molar refractivity (Wildman–Crippen MR) is 106 cm³/mol. The summed E-state index contributed by atoms with van der Waals surface area (Å²) in [6.45, 7) is 1.81. The number of pyridine rings is 1. The van der Waals surface area contributed by atoms with Crippen LogP contribution in [0.5, 0.6) is 0 Å². The number of aromatic nitrogens is 3. The van der Waals surface area contributed by atoms with E-state index in [-0.39, 0.29) is 0 Å². The van der Waals surface area contributed by atoms with E-state index >= 15 is 0 Å². The maximum atomic E-state index is 12.6. The summed E-state index contributed by atoms with van der Waals surface area (Å²) < 4.78 is 5.36. The van der Waals surface area contributed by atoms with Crippen molar-refractivity contribution in [3.63, 3.8) is 0 Å². The van der Waals surface area contributed by atoms with Gasteiger partial charge in [0.15, 0.2) is 5.82 Å². The zero-order valence-electron chi connectivity index (χ0n) is 16.6. The monoisotopic (exact) mass is 382 g/mol. The normalized spacial score (nSPS) is 20.6. The Bertz CT molecular complexity index is 755. The molecule has 1 aliphatic carbocycles. The molecule has 1 amide bonds. The van der Waals surface area contributed by atoms with Gasteiger partial charge in [-0.25, -0.2) is 0 Å². The van der Waals surface area contributed by atoms with Crippen LogP contribution in [-0.4, -0.2) is 39.0 Å². The van der Waals surface area contributed by atoms with Crippen molar-refractivity contribution in [2.45, 2.75) is 64.2 Å². The van der Waals surface area contributed by atoms with Crippen molar-refractivity contribution in [1.82, 2.24) is 20.0 Å². The second-order valence-corrected chi connectivity index (χ2v) is 8.33. The van der Waals surface area contributed by atoms with Crippen LogP contribution in [0.25, 0.3) is 11.5 Å². The molecule has 6 nitrogen and oxygen atoms in total. The summed E-state index contributed by atoms with van der Waals surface area (Å²) in [5.74, 6) is 2.94. The van der Waals surface area contributed by atoms with Crippen LogP contribution in [-0.2, 0) is 11.2 Å². The molecular formula is C22H30N4O2. The highest BCUT2D eigenvalue weighted by atomic mass is 16.5. The van der Waals surface area contributed by atoms with Crippen molar-refractivity contribution in [3.05, 3.63) is 30.4 Å². The maximum absolute atomic E-state index is 12.6. The molecule has 1 aliphatic heterocycles. The first-order valence-electron chi connectivity index (χ1n) is 10.8. The van der Waals surface area contributed by atoms with Gasteiger partial charge in [-0.1, -0.05) is 30.8 Å². The lowest BCUT2D eigenvalue weighted by atomic mass is 9.92. The van der Waals surface area contributed by atoms with E-state index in [1.54, 1.807) is 12.4 Å². The summed E-state index contributed by atoms with van der Waals surface area (Å²) in [6, 6.07) is 3.78. The van der Waals surface area contributed by atoms with Gasteiger partial charge in [-0.3, -0.25) is 9.78 Å². The third-order valence-electron chi connectivity index (χ3n) is 6.27. The van der Waals surface area contributed by atoms with Crippen LogP contribution < -0.4 is 0 Å². The highest BCUT2D eigenvalue weighted by Crippen LogP contribution is 2.29. The Hall–Kier alpha value is -2.24. The van der Waals surface area contributed by atoms with Crippen molar-refractivity contribution in [3.8, 4) is 11.5 Å². The largest absolute Gasteiger partial charge is 0.342 e. The molecule has 1 unspecified atom stereocenters. The van der Waals surface area contributed by atoms with Gasteiger partial charge in [0.05, 0.1) is 5.56 Å². The first-order valence-corrected chi connectivity index (χ1v) is 10.8. The minimum atomic E-state index is 0.357. The van der Waals surface area contributed by atoms with Crippen LogP contribution in [0.15, 0.2) is 29.0 Å². The Morgan fingerprint density at radius 1 is 1.14 bits per heavy atom. The van der Waals surface area contributed by atoms with Crippen LogP contribution in [0.4, 0.5) is 0 Å². The molecule has 1 atom stereocenters. The van der Waals surface area contributed by atoms with Crippen LogP contribution in [0, 0.1) is 11.8 Å². The van der Waals surface area contributed by atoms with Gasteiger partial charge in [0, 0.05) is 38.3 Å². The second kappa shape index (κ2) is 9.30. The molecule has 1 saturated carbocycles. The molecule has 6 heteroatoms. The van der Waals surface area contributed by atoms with Crippen molar-refractivity contribution < 1.29 is 9.32 Å². The number of hydrogen-bond acceptors (Lipinski definition) is 5. The van der Waals surface area contributed by atoms with Gasteiger partial charge in [0.2, 0.25) is 5.91 Å². The van der Waals surface area contributed by atoms with Gasteiger partial charge in [-0.15, -0.1) is 0 Å². The fourth-order valence-electron chi connectivity index (χ4n) is 4.61. The Labute approximate surface area is 166 Å². The number of amides is 1. The molecule has 1 saturated heterocycles. The van der Waals surface area contributed by atoms with E-state index in [0.29, 0.717) is 17.7 Å². The molecule has 0 N–H and O–H groups in total. The number of piperidine rings is 1. The average Bonchev–Trinajstić information content (AvgIpc) is 3.43. The topological polar surface area (TPSA) is 72.1 Å². The Morgan fingerprint density at radius 3 is 2.82 bits per heavy atom. The van der Waals surface area contributed by atoms with Gasteiger partial charge < -0.3 is 9.42 Å². The molecule has 150 valence electrons. The summed E-state index contributed by atoms with van der Waals surface area (Å²) >= 11 is 0. The summed E-state index contributed by atoms with van der Waals surface area (Å²) in [5.41, 5.74) is 0.845. The fourth-order valence-corrected chi connectivity index (χ4v) is 4.61. The third-order valence-corrected chi connectivity index (χ3v) is 6.27. The first kappa shape index (κ1) is 19.1. The lowest BCUT2D eigenvalue weighted by Crippen LogP contribution is -2.40. The Balaban J connectivity index is 1.24. The lowest BCUT2D eigenvalue weighted by molar-refractivity contribution is -0.133. The van der Waals surface area contributed by atoms with Crippen LogP contribution >= 0.6 is 0 Å². The predicted octanol–water partition coefficient (Wildman–Crippen LogP) is 4.27. The number of hydrogen-bond donors (Lipinski definition) is 0. The number of likely N-dealkylation sites (tertiary alicyclic amines) is 1. The molecule has 2 fully saturated rings. The van der Waals surface area contributed by atoms with E-state index in [0.717, 1.165) is 62.5 Å². The van der Waals surface area contributed by atoms with Gasteiger partial charge in [-0.2, -0.15) is 4.98 Å². The van der Waals surface area contributed by atoms with Crippen LogP contribution in [0.2, 0.25) is 0 Å². The molecule has 2 aromatic heterocycles. The molecule has 0 radical (unpaired) electrons. The molecule has 0 spiro atoms. The molecule has 2 aromatic rings. The maximum Gasteiger partial charge on any atom is 0.259 e. The first-order chi connectivity index (χ1) is 13.8. The Morgan fingerprint density at radius 2 is 2.00 bits per heavy atom. The van der Waals surface area contributed by atoms with E-state index in [1.807, 2.05) is 12.1 Å². The second-order valence-electron chi connectivity index (χ2n) is 8.33. The summed E-state index contributed by atoms with van der Waals surface area (Å²) in [6.07, 6.45) is 14.7. The Kier molecular flexibility index (Phi) is 6.34. The minimum Gasteiger partial charge on any atom is -0.342 e. The molecule has 3 heterocycles. The summed E-state index contributed by atoms with van der Waals surface area (Å²) in [5, 5.41) is 4.11. The smallest absolute Gasteiger partial charge is 0.259 e. The SMILES string of the molecule is O=C(CCC1CCCC1)N1CCCC(CCc2noc(-c3cccnc3)n2)C1.